The maximum absolute atomic E-state index is 13.7. The first-order valence-corrected chi connectivity index (χ1v) is 9.87. The number of para-hydroxylation sites is 1. The molecule has 140 valence electrons. The van der Waals surface area contributed by atoms with Gasteiger partial charge in [-0.25, -0.2) is 4.39 Å². The summed E-state index contributed by atoms with van der Waals surface area (Å²) in [6.45, 7) is 0. The highest BCUT2D eigenvalue weighted by molar-refractivity contribution is 9.10. The Kier molecular flexibility index (Phi) is 4.25. The van der Waals surface area contributed by atoms with Crippen LogP contribution < -0.4 is 4.90 Å². The van der Waals surface area contributed by atoms with Gasteiger partial charge in [0, 0.05) is 22.7 Å². The molecule has 4 aromatic rings. The zero-order valence-electron chi connectivity index (χ0n) is 15.1. The Morgan fingerprint density at radius 1 is 0.931 bits per heavy atom. The van der Waals surface area contributed by atoms with E-state index in [1.807, 2.05) is 60.7 Å². The minimum Gasteiger partial charge on any atom is -0.274 e. The van der Waals surface area contributed by atoms with Crippen molar-refractivity contribution in [3.05, 3.63) is 106 Å². The Balaban J connectivity index is 1.76. The van der Waals surface area contributed by atoms with Gasteiger partial charge in [0.1, 0.15) is 5.82 Å². The van der Waals surface area contributed by atoms with Gasteiger partial charge in [0.05, 0.1) is 21.4 Å². The highest BCUT2D eigenvalue weighted by Gasteiger charge is 2.34. The lowest BCUT2D eigenvalue weighted by Crippen LogP contribution is -2.22. The molecular weight excluding hydrogens is 431 g/mol. The molecule has 0 bridgehead atoms. The minimum absolute atomic E-state index is 0.105. The van der Waals surface area contributed by atoms with Crippen LogP contribution in [-0.4, -0.2) is 10.9 Å². The number of rotatable bonds is 2. The molecule has 5 rings (SSSR count). The number of benzene rings is 3. The summed E-state index contributed by atoms with van der Waals surface area (Å²) in [4.78, 5) is 19.6. The number of hydrogen-bond donors (Lipinski definition) is 0. The Labute approximate surface area is 175 Å². The fourth-order valence-corrected chi connectivity index (χ4v) is 4.05. The maximum atomic E-state index is 13.7. The quantitative estimate of drug-likeness (QED) is 0.363. The van der Waals surface area contributed by atoms with Gasteiger partial charge in [-0.3, -0.25) is 14.7 Å². The molecule has 0 fully saturated rings. The van der Waals surface area contributed by atoms with E-state index in [2.05, 4.69) is 20.9 Å². The zero-order valence-corrected chi connectivity index (χ0v) is 16.7. The summed E-state index contributed by atoms with van der Waals surface area (Å²) in [5.74, 6) is -0.434. The summed E-state index contributed by atoms with van der Waals surface area (Å²) in [5, 5.41) is 0.956. The number of carbonyl (C=O) groups excluding carboxylic acids is 1. The van der Waals surface area contributed by atoms with E-state index >= 15 is 0 Å². The number of carbonyl (C=O) groups is 1. The first kappa shape index (κ1) is 17.8. The Bertz CT molecular complexity index is 1310. The molecule has 29 heavy (non-hydrogen) atoms. The van der Waals surface area contributed by atoms with Crippen molar-refractivity contribution in [2.75, 3.05) is 4.90 Å². The van der Waals surface area contributed by atoms with E-state index < -0.39 is 0 Å². The molecule has 0 radical (unpaired) electrons. The van der Waals surface area contributed by atoms with Crippen LogP contribution in [0, 0.1) is 5.82 Å². The van der Waals surface area contributed by atoms with Gasteiger partial charge in [-0.05, 0) is 57.9 Å². The van der Waals surface area contributed by atoms with Crippen LogP contribution in [0.3, 0.4) is 0 Å². The first-order chi connectivity index (χ1) is 14.1. The first-order valence-electron chi connectivity index (χ1n) is 9.08. The molecular formula is C24H14BrFN2O. The van der Waals surface area contributed by atoms with Crippen LogP contribution in [0.25, 0.3) is 22.7 Å². The second-order valence-corrected chi connectivity index (χ2v) is 7.60. The van der Waals surface area contributed by atoms with Crippen LogP contribution >= 0.6 is 15.9 Å². The minimum atomic E-state index is -0.329. The second-order valence-electron chi connectivity index (χ2n) is 6.74. The van der Waals surface area contributed by atoms with Crippen molar-refractivity contribution in [1.29, 1.82) is 0 Å². The van der Waals surface area contributed by atoms with Gasteiger partial charge in [0.15, 0.2) is 0 Å². The summed E-state index contributed by atoms with van der Waals surface area (Å²) in [6.07, 6.45) is 3.62. The summed E-state index contributed by atoms with van der Waals surface area (Å²) in [5.41, 5.74) is 4.47. The number of pyridine rings is 1. The molecule has 0 aliphatic carbocycles. The van der Waals surface area contributed by atoms with Crippen LogP contribution in [0.2, 0.25) is 0 Å². The number of nitrogens with zero attached hydrogens (tertiary/aromatic N) is 2. The number of anilines is 1. The van der Waals surface area contributed by atoms with Crippen molar-refractivity contribution in [3.8, 4) is 0 Å². The maximum Gasteiger partial charge on any atom is 0.263 e. The van der Waals surface area contributed by atoms with Crippen molar-refractivity contribution in [3.63, 3.8) is 0 Å². The summed E-state index contributed by atoms with van der Waals surface area (Å²) >= 11 is 3.24. The summed E-state index contributed by atoms with van der Waals surface area (Å²) < 4.78 is 14.1. The number of aromatic nitrogens is 1. The summed E-state index contributed by atoms with van der Waals surface area (Å²) in [7, 11) is 0. The molecule has 0 spiro atoms. The molecule has 5 heteroatoms. The Morgan fingerprint density at radius 2 is 1.72 bits per heavy atom. The molecule has 0 atom stereocenters. The lowest BCUT2D eigenvalue weighted by molar-refractivity contribution is 0.101. The predicted molar refractivity (Wildman–Crippen MR) is 117 cm³/mol. The van der Waals surface area contributed by atoms with E-state index in [1.54, 1.807) is 23.2 Å². The SMILES string of the molecule is O=C1c2ccccc2C(=Cc2ccc(F)c(Br)c2)N1c1cccc2cccnc12. The Hall–Kier alpha value is -3.31. The number of hydrogen-bond acceptors (Lipinski definition) is 2. The van der Waals surface area contributed by atoms with Gasteiger partial charge in [-0.15, -0.1) is 0 Å². The Morgan fingerprint density at radius 3 is 2.55 bits per heavy atom. The number of halogens is 2. The zero-order chi connectivity index (χ0) is 20.0. The standard InChI is InChI=1S/C24H14BrFN2O/c25-19-13-15(10-11-20(19)26)14-22-17-7-1-2-8-18(17)24(29)28(22)21-9-3-5-16-6-4-12-27-23(16)21/h1-14H. The van der Waals surface area contributed by atoms with Crippen molar-refractivity contribution in [2.24, 2.45) is 0 Å². The van der Waals surface area contributed by atoms with Crippen molar-refractivity contribution in [1.82, 2.24) is 4.98 Å². The van der Waals surface area contributed by atoms with Crippen LogP contribution in [0.15, 0.2) is 83.5 Å². The highest BCUT2D eigenvalue weighted by atomic mass is 79.9. The molecule has 3 nitrogen and oxygen atoms in total. The van der Waals surface area contributed by atoms with Gasteiger partial charge >= 0.3 is 0 Å². The third-order valence-electron chi connectivity index (χ3n) is 4.98. The molecule has 3 aromatic carbocycles. The fourth-order valence-electron chi connectivity index (χ4n) is 3.65. The predicted octanol–water partition coefficient (Wildman–Crippen LogP) is 6.29. The molecule has 0 saturated heterocycles. The largest absolute Gasteiger partial charge is 0.274 e. The van der Waals surface area contributed by atoms with Crippen molar-refractivity contribution in [2.45, 2.75) is 0 Å². The van der Waals surface area contributed by atoms with Gasteiger partial charge in [-0.2, -0.15) is 0 Å². The molecule has 0 N–H and O–H groups in total. The number of amides is 1. The molecule has 0 unspecified atom stereocenters. The van der Waals surface area contributed by atoms with Crippen molar-refractivity contribution >= 4 is 50.2 Å². The molecule has 1 aromatic heterocycles. The topological polar surface area (TPSA) is 33.2 Å². The number of fused-ring (bicyclic) bond motifs is 2. The second kappa shape index (κ2) is 6.94. The summed E-state index contributed by atoms with van der Waals surface area (Å²) in [6, 6.07) is 21.9. The molecule has 0 saturated carbocycles. The highest BCUT2D eigenvalue weighted by Crippen LogP contribution is 2.40. The van der Waals surface area contributed by atoms with E-state index in [0.29, 0.717) is 10.0 Å². The van der Waals surface area contributed by atoms with Gasteiger partial charge in [-0.1, -0.05) is 42.5 Å². The van der Waals surface area contributed by atoms with E-state index in [1.165, 1.54) is 6.07 Å². The average Bonchev–Trinajstić information content (AvgIpc) is 3.02. The lowest BCUT2D eigenvalue weighted by Gasteiger charge is -2.20. The average molecular weight is 445 g/mol. The van der Waals surface area contributed by atoms with Crippen LogP contribution in [0.1, 0.15) is 21.5 Å². The van der Waals surface area contributed by atoms with E-state index in [0.717, 1.165) is 33.4 Å². The molecule has 1 aliphatic rings. The van der Waals surface area contributed by atoms with E-state index in [-0.39, 0.29) is 11.7 Å². The van der Waals surface area contributed by atoms with E-state index in [4.69, 9.17) is 0 Å². The van der Waals surface area contributed by atoms with Crippen LogP contribution in [0.5, 0.6) is 0 Å². The van der Waals surface area contributed by atoms with Crippen LogP contribution in [0.4, 0.5) is 10.1 Å². The van der Waals surface area contributed by atoms with Gasteiger partial charge < -0.3 is 0 Å². The third-order valence-corrected chi connectivity index (χ3v) is 5.58. The normalized spacial score (nSPS) is 14.6. The smallest absolute Gasteiger partial charge is 0.263 e. The molecule has 1 amide bonds. The van der Waals surface area contributed by atoms with E-state index in [9.17, 15) is 9.18 Å². The third kappa shape index (κ3) is 2.95. The molecule has 1 aliphatic heterocycles. The lowest BCUT2D eigenvalue weighted by atomic mass is 10.1. The molecule has 2 heterocycles. The monoisotopic (exact) mass is 444 g/mol. The van der Waals surface area contributed by atoms with Crippen LogP contribution in [-0.2, 0) is 0 Å². The van der Waals surface area contributed by atoms with Crippen molar-refractivity contribution < 1.29 is 9.18 Å². The fraction of sp³-hybridized carbons (Fsp3) is 0. The van der Waals surface area contributed by atoms with Gasteiger partial charge in [0.25, 0.3) is 5.91 Å². The van der Waals surface area contributed by atoms with Gasteiger partial charge in [0.2, 0.25) is 0 Å².